The molecule has 0 unspecified atom stereocenters. The fraction of sp³-hybridized carbons (Fsp3) is 0.217. The lowest BCUT2D eigenvalue weighted by molar-refractivity contribution is -0.384. The van der Waals surface area contributed by atoms with Gasteiger partial charge in [-0.15, -0.1) is 11.3 Å². The molecule has 1 aliphatic carbocycles. The van der Waals surface area contributed by atoms with Gasteiger partial charge in [-0.1, -0.05) is 23.7 Å². The van der Waals surface area contributed by atoms with Crippen molar-refractivity contribution >= 4 is 38.8 Å². The van der Waals surface area contributed by atoms with Crippen LogP contribution in [0, 0.1) is 10.1 Å². The molecule has 7 nitrogen and oxygen atoms in total. The summed E-state index contributed by atoms with van der Waals surface area (Å²) >= 11 is 7.52. The van der Waals surface area contributed by atoms with Crippen LogP contribution in [0.4, 0.5) is 5.69 Å². The maximum absolute atomic E-state index is 13.6. The second-order valence-electron chi connectivity index (χ2n) is 7.80. The number of rotatable bonds is 4. The number of aromatic nitrogens is 2. The van der Waals surface area contributed by atoms with Crippen LogP contribution in [0.1, 0.15) is 28.8 Å². The van der Waals surface area contributed by atoms with E-state index >= 15 is 0 Å². The Bertz CT molecular complexity index is 1470. The van der Waals surface area contributed by atoms with Crippen molar-refractivity contribution in [3.63, 3.8) is 0 Å². The van der Waals surface area contributed by atoms with Gasteiger partial charge in [0.05, 0.1) is 22.5 Å². The Morgan fingerprint density at radius 1 is 1.00 bits per heavy atom. The summed E-state index contributed by atoms with van der Waals surface area (Å²) in [6.07, 6.45) is 3.81. The summed E-state index contributed by atoms with van der Waals surface area (Å²) < 4.78 is 2.81. The minimum absolute atomic E-state index is 0.0102. The summed E-state index contributed by atoms with van der Waals surface area (Å²) in [5.41, 5.74) is 1.48. The minimum Gasteiger partial charge on any atom is -0.280 e. The molecule has 2 aromatic heterocycles. The van der Waals surface area contributed by atoms with E-state index in [1.807, 2.05) is 0 Å². The first kappa shape index (κ1) is 20.7. The van der Waals surface area contributed by atoms with Crippen LogP contribution in [0.3, 0.4) is 0 Å². The van der Waals surface area contributed by atoms with E-state index in [1.54, 1.807) is 41.0 Å². The largest absolute Gasteiger partial charge is 0.337 e. The van der Waals surface area contributed by atoms with Gasteiger partial charge in [0.1, 0.15) is 4.83 Å². The monoisotopic (exact) mass is 467 g/mol. The average molecular weight is 468 g/mol. The minimum atomic E-state index is -0.456. The van der Waals surface area contributed by atoms with Crippen LogP contribution in [0.15, 0.2) is 58.1 Å². The highest BCUT2D eigenvalue weighted by atomic mass is 35.5. The van der Waals surface area contributed by atoms with E-state index in [0.717, 1.165) is 41.7 Å². The summed E-state index contributed by atoms with van der Waals surface area (Å²) in [6.45, 7) is 0.209. The Morgan fingerprint density at radius 2 is 1.69 bits per heavy atom. The topological polar surface area (TPSA) is 87.1 Å². The van der Waals surface area contributed by atoms with Gasteiger partial charge in [-0.2, -0.15) is 0 Å². The van der Waals surface area contributed by atoms with Crippen LogP contribution in [-0.4, -0.2) is 14.1 Å². The predicted octanol–water partition coefficient (Wildman–Crippen LogP) is 4.70. The number of nitro benzene ring substituents is 1. The zero-order chi connectivity index (χ0) is 22.4. The highest BCUT2D eigenvalue weighted by Gasteiger charge is 2.24. The number of aryl methyl sites for hydroxylation is 2. The van der Waals surface area contributed by atoms with Crippen molar-refractivity contribution in [2.45, 2.75) is 32.2 Å². The van der Waals surface area contributed by atoms with Gasteiger partial charge in [0, 0.05) is 22.0 Å². The van der Waals surface area contributed by atoms with Gasteiger partial charge in [0.25, 0.3) is 11.2 Å². The van der Waals surface area contributed by atoms with Crippen molar-refractivity contribution in [2.75, 3.05) is 0 Å². The number of nitro groups is 1. The molecule has 0 radical (unpaired) electrons. The molecule has 4 aromatic rings. The van der Waals surface area contributed by atoms with E-state index in [1.165, 1.54) is 28.0 Å². The molecule has 0 saturated heterocycles. The van der Waals surface area contributed by atoms with Crippen molar-refractivity contribution < 1.29 is 4.92 Å². The molecular formula is C23H18ClN3O4S. The number of non-ortho nitro benzene ring substituents is 1. The smallest absolute Gasteiger partial charge is 0.280 e. The van der Waals surface area contributed by atoms with Crippen LogP contribution < -0.4 is 11.2 Å². The zero-order valence-electron chi connectivity index (χ0n) is 16.9. The standard InChI is InChI=1S/C23H18ClN3O4S/c24-15-7-11-16(12-8-15)26-21(28)20-18-3-1-2-4-19(18)32-22(20)25(23(26)29)13-14-5-9-17(10-6-14)27(30)31/h5-12H,1-4,13H2. The number of hydrogen-bond donors (Lipinski definition) is 0. The molecule has 0 atom stereocenters. The molecule has 162 valence electrons. The average Bonchev–Trinajstić information content (AvgIpc) is 3.18. The molecule has 32 heavy (non-hydrogen) atoms. The van der Waals surface area contributed by atoms with Crippen LogP contribution in [0.5, 0.6) is 0 Å². The van der Waals surface area contributed by atoms with Gasteiger partial charge < -0.3 is 0 Å². The number of benzene rings is 2. The van der Waals surface area contributed by atoms with E-state index in [-0.39, 0.29) is 17.8 Å². The third-order valence-electron chi connectivity index (χ3n) is 5.81. The van der Waals surface area contributed by atoms with E-state index in [0.29, 0.717) is 20.9 Å². The maximum atomic E-state index is 13.6. The van der Waals surface area contributed by atoms with Crippen LogP contribution >= 0.6 is 22.9 Å². The fourth-order valence-electron chi connectivity index (χ4n) is 4.23. The van der Waals surface area contributed by atoms with Crippen molar-refractivity contribution in [1.82, 2.24) is 9.13 Å². The summed E-state index contributed by atoms with van der Waals surface area (Å²) in [6, 6.07) is 12.7. The van der Waals surface area contributed by atoms with Crippen LogP contribution in [0.25, 0.3) is 15.9 Å². The zero-order valence-corrected chi connectivity index (χ0v) is 18.5. The molecule has 0 amide bonds. The van der Waals surface area contributed by atoms with Gasteiger partial charge in [-0.05, 0) is 61.1 Å². The molecule has 0 saturated carbocycles. The van der Waals surface area contributed by atoms with Gasteiger partial charge >= 0.3 is 5.69 Å². The third kappa shape index (κ3) is 3.45. The molecule has 0 aliphatic heterocycles. The second kappa shape index (κ2) is 8.03. The molecule has 5 rings (SSSR count). The maximum Gasteiger partial charge on any atom is 0.337 e. The van der Waals surface area contributed by atoms with E-state index in [2.05, 4.69) is 0 Å². The predicted molar refractivity (Wildman–Crippen MR) is 126 cm³/mol. The van der Waals surface area contributed by atoms with E-state index in [9.17, 15) is 19.7 Å². The number of hydrogen-bond acceptors (Lipinski definition) is 5. The van der Waals surface area contributed by atoms with Crippen molar-refractivity contribution in [3.8, 4) is 5.69 Å². The molecule has 9 heteroatoms. The number of halogens is 1. The lowest BCUT2D eigenvalue weighted by atomic mass is 9.97. The van der Waals surface area contributed by atoms with E-state index in [4.69, 9.17) is 11.6 Å². The van der Waals surface area contributed by atoms with E-state index < -0.39 is 10.6 Å². The molecule has 2 heterocycles. The first-order chi connectivity index (χ1) is 15.4. The second-order valence-corrected chi connectivity index (χ2v) is 9.32. The summed E-state index contributed by atoms with van der Waals surface area (Å²) in [4.78, 5) is 39.5. The van der Waals surface area contributed by atoms with Crippen LogP contribution in [-0.2, 0) is 19.4 Å². The molecule has 2 aromatic carbocycles. The first-order valence-electron chi connectivity index (χ1n) is 10.2. The Labute approximate surface area is 191 Å². The Balaban J connectivity index is 1.76. The highest BCUT2D eigenvalue weighted by molar-refractivity contribution is 7.18. The van der Waals surface area contributed by atoms with Crippen molar-refractivity contribution in [1.29, 1.82) is 0 Å². The summed E-state index contributed by atoms with van der Waals surface area (Å²) in [7, 11) is 0. The fourth-order valence-corrected chi connectivity index (χ4v) is 5.73. The van der Waals surface area contributed by atoms with Gasteiger partial charge in [-0.25, -0.2) is 9.36 Å². The third-order valence-corrected chi connectivity index (χ3v) is 7.38. The Morgan fingerprint density at radius 3 is 2.38 bits per heavy atom. The van der Waals surface area contributed by atoms with Gasteiger partial charge in [0.15, 0.2) is 0 Å². The highest BCUT2D eigenvalue weighted by Crippen LogP contribution is 2.34. The molecule has 0 spiro atoms. The van der Waals surface area contributed by atoms with Crippen LogP contribution in [0.2, 0.25) is 5.02 Å². The molecule has 0 N–H and O–H groups in total. The quantitative estimate of drug-likeness (QED) is 0.321. The Kier molecular flexibility index (Phi) is 5.19. The normalized spacial score (nSPS) is 13.3. The van der Waals surface area contributed by atoms with Gasteiger partial charge in [0.2, 0.25) is 0 Å². The lowest BCUT2D eigenvalue weighted by Crippen LogP contribution is -2.39. The van der Waals surface area contributed by atoms with Gasteiger partial charge in [-0.3, -0.25) is 19.5 Å². The molecule has 1 aliphatic rings. The molecular weight excluding hydrogens is 450 g/mol. The van der Waals surface area contributed by atoms with Crippen molar-refractivity contribution in [2.24, 2.45) is 0 Å². The first-order valence-corrected chi connectivity index (χ1v) is 11.4. The SMILES string of the molecule is O=c1c2c3c(sc2n(Cc2ccc([N+](=O)[O-])cc2)c(=O)n1-c1ccc(Cl)cc1)CCCC3. The lowest BCUT2D eigenvalue weighted by Gasteiger charge is -2.13. The summed E-state index contributed by atoms with van der Waals surface area (Å²) in [5.74, 6) is 0. The Hall–Kier alpha value is -3.23. The molecule has 0 bridgehead atoms. The molecule has 0 fully saturated rings. The number of fused-ring (bicyclic) bond motifs is 3. The van der Waals surface area contributed by atoms with Crippen molar-refractivity contribution in [3.05, 3.63) is 101 Å². The number of thiophene rings is 1. The summed E-state index contributed by atoms with van der Waals surface area (Å²) in [5, 5.41) is 12.1. The number of nitrogens with zero attached hydrogens (tertiary/aromatic N) is 3.